The summed E-state index contributed by atoms with van der Waals surface area (Å²) in [5, 5.41) is 14.5. The number of benzene rings is 2. The van der Waals surface area contributed by atoms with E-state index < -0.39 is 10.8 Å². The summed E-state index contributed by atoms with van der Waals surface area (Å²) in [6.07, 6.45) is 0. The molecule has 3 rings (SSSR count). The van der Waals surface area contributed by atoms with Gasteiger partial charge in [-0.2, -0.15) is 0 Å². The van der Waals surface area contributed by atoms with Gasteiger partial charge in [-0.25, -0.2) is 4.98 Å². The van der Waals surface area contributed by atoms with Gasteiger partial charge >= 0.3 is 0 Å². The molecule has 1 amide bonds. The molecule has 126 valence electrons. The third-order valence-electron chi connectivity index (χ3n) is 3.76. The summed E-state index contributed by atoms with van der Waals surface area (Å²) in [6, 6.07) is 15.1. The molecular formula is C18H15N3O4. The molecule has 1 aromatic heterocycles. The van der Waals surface area contributed by atoms with Crippen LogP contribution in [0.2, 0.25) is 0 Å². The van der Waals surface area contributed by atoms with Gasteiger partial charge in [0.1, 0.15) is 11.4 Å². The van der Waals surface area contributed by atoms with Gasteiger partial charge in [-0.1, -0.05) is 24.3 Å². The molecule has 1 heterocycles. The number of fused-ring (bicyclic) bond motifs is 1. The molecule has 0 bridgehead atoms. The Morgan fingerprint density at radius 1 is 1.20 bits per heavy atom. The van der Waals surface area contributed by atoms with Gasteiger partial charge in [0.05, 0.1) is 17.5 Å². The minimum atomic E-state index is -0.469. The van der Waals surface area contributed by atoms with E-state index in [2.05, 4.69) is 10.3 Å². The van der Waals surface area contributed by atoms with E-state index in [1.807, 2.05) is 6.07 Å². The number of amides is 1. The van der Waals surface area contributed by atoms with Crippen molar-refractivity contribution in [3.8, 4) is 5.75 Å². The van der Waals surface area contributed by atoms with E-state index >= 15 is 0 Å². The van der Waals surface area contributed by atoms with Crippen molar-refractivity contribution in [3.63, 3.8) is 0 Å². The van der Waals surface area contributed by atoms with Gasteiger partial charge < -0.3 is 10.1 Å². The van der Waals surface area contributed by atoms with Gasteiger partial charge in [-0.15, -0.1) is 0 Å². The molecule has 0 aliphatic rings. The zero-order valence-electron chi connectivity index (χ0n) is 13.4. The second-order valence-electron chi connectivity index (χ2n) is 5.32. The largest absolute Gasteiger partial charge is 0.497 e. The predicted molar refractivity (Wildman–Crippen MR) is 92.6 cm³/mol. The van der Waals surface area contributed by atoms with Crippen LogP contribution in [-0.4, -0.2) is 22.9 Å². The summed E-state index contributed by atoms with van der Waals surface area (Å²) in [5.41, 5.74) is 1.32. The smallest absolute Gasteiger partial charge is 0.274 e. The first kappa shape index (κ1) is 16.4. The number of aromatic nitrogens is 1. The van der Waals surface area contributed by atoms with E-state index in [9.17, 15) is 14.9 Å². The maximum Gasteiger partial charge on any atom is 0.274 e. The average Bonchev–Trinajstić information content (AvgIpc) is 2.65. The van der Waals surface area contributed by atoms with Crippen molar-refractivity contribution in [2.75, 3.05) is 7.11 Å². The SMILES string of the molecule is COc1ccc2nc(C(=O)NCc3ccccc3[N+](=O)[O-])ccc2c1. The second kappa shape index (κ2) is 6.96. The number of pyridine rings is 1. The van der Waals surface area contributed by atoms with Crippen molar-refractivity contribution in [2.24, 2.45) is 0 Å². The van der Waals surface area contributed by atoms with E-state index in [0.29, 0.717) is 16.8 Å². The number of hydrogen-bond acceptors (Lipinski definition) is 5. The van der Waals surface area contributed by atoms with Crippen LogP contribution in [0.25, 0.3) is 10.9 Å². The lowest BCUT2D eigenvalue weighted by Gasteiger charge is -2.07. The molecule has 0 aliphatic heterocycles. The summed E-state index contributed by atoms with van der Waals surface area (Å²) in [7, 11) is 1.58. The molecule has 0 unspecified atom stereocenters. The number of para-hydroxylation sites is 1. The molecule has 0 spiro atoms. The van der Waals surface area contributed by atoms with E-state index in [4.69, 9.17) is 4.74 Å². The highest BCUT2D eigenvalue weighted by atomic mass is 16.6. The molecule has 1 N–H and O–H groups in total. The molecule has 7 nitrogen and oxygen atoms in total. The summed E-state index contributed by atoms with van der Waals surface area (Å²) in [5.74, 6) is 0.318. The van der Waals surface area contributed by atoms with Gasteiger partial charge in [0, 0.05) is 23.6 Å². The van der Waals surface area contributed by atoms with Crippen molar-refractivity contribution in [1.29, 1.82) is 0 Å². The van der Waals surface area contributed by atoms with E-state index in [1.54, 1.807) is 49.6 Å². The zero-order valence-corrected chi connectivity index (χ0v) is 13.4. The summed E-state index contributed by atoms with van der Waals surface area (Å²) < 4.78 is 5.16. The lowest BCUT2D eigenvalue weighted by Crippen LogP contribution is -2.24. The molecule has 2 aromatic carbocycles. The van der Waals surface area contributed by atoms with Crippen molar-refractivity contribution < 1.29 is 14.5 Å². The number of carbonyl (C=O) groups excluding carboxylic acids is 1. The zero-order chi connectivity index (χ0) is 17.8. The van der Waals surface area contributed by atoms with Crippen LogP contribution in [0.3, 0.4) is 0 Å². The Kier molecular flexibility index (Phi) is 4.56. The third-order valence-corrected chi connectivity index (χ3v) is 3.76. The Bertz CT molecular complexity index is 956. The second-order valence-corrected chi connectivity index (χ2v) is 5.32. The molecule has 0 radical (unpaired) electrons. The monoisotopic (exact) mass is 337 g/mol. The molecule has 0 saturated heterocycles. The molecule has 25 heavy (non-hydrogen) atoms. The number of nitrogens with one attached hydrogen (secondary N) is 1. The standard InChI is InChI=1S/C18H15N3O4/c1-25-14-7-9-15-12(10-14)6-8-16(20-15)18(22)19-11-13-4-2-3-5-17(13)21(23)24/h2-10H,11H2,1H3,(H,19,22). The maximum absolute atomic E-state index is 12.3. The van der Waals surface area contributed by atoms with Crippen LogP contribution in [0.4, 0.5) is 5.69 Å². The summed E-state index contributed by atoms with van der Waals surface area (Å²) in [6.45, 7) is 0.0539. The number of ether oxygens (including phenoxy) is 1. The maximum atomic E-state index is 12.3. The number of nitrogens with zero attached hydrogens (tertiary/aromatic N) is 2. The van der Waals surface area contributed by atoms with Crippen LogP contribution in [0.5, 0.6) is 5.75 Å². The Morgan fingerprint density at radius 3 is 2.76 bits per heavy atom. The number of rotatable bonds is 5. The fourth-order valence-corrected chi connectivity index (χ4v) is 2.46. The molecular weight excluding hydrogens is 322 g/mol. The minimum Gasteiger partial charge on any atom is -0.497 e. The van der Waals surface area contributed by atoms with Crippen molar-refractivity contribution in [3.05, 3.63) is 76.0 Å². The number of hydrogen-bond donors (Lipinski definition) is 1. The fourth-order valence-electron chi connectivity index (χ4n) is 2.46. The van der Waals surface area contributed by atoms with E-state index in [1.165, 1.54) is 6.07 Å². The fraction of sp³-hybridized carbons (Fsp3) is 0.111. The van der Waals surface area contributed by atoms with Crippen LogP contribution in [-0.2, 0) is 6.54 Å². The van der Waals surface area contributed by atoms with Crippen LogP contribution >= 0.6 is 0 Å². The van der Waals surface area contributed by atoms with Crippen LogP contribution in [0.1, 0.15) is 16.1 Å². The number of methoxy groups -OCH3 is 1. The normalized spacial score (nSPS) is 10.4. The van der Waals surface area contributed by atoms with Crippen molar-refractivity contribution in [1.82, 2.24) is 10.3 Å². The molecule has 7 heteroatoms. The van der Waals surface area contributed by atoms with E-state index in [-0.39, 0.29) is 17.9 Å². The highest BCUT2D eigenvalue weighted by Gasteiger charge is 2.14. The van der Waals surface area contributed by atoms with Crippen LogP contribution in [0, 0.1) is 10.1 Å². The number of carbonyl (C=O) groups is 1. The lowest BCUT2D eigenvalue weighted by molar-refractivity contribution is -0.385. The Balaban J connectivity index is 1.77. The Hall–Kier alpha value is -3.48. The quantitative estimate of drug-likeness (QED) is 0.570. The van der Waals surface area contributed by atoms with Crippen LogP contribution < -0.4 is 10.1 Å². The molecule has 0 aliphatic carbocycles. The highest BCUT2D eigenvalue weighted by Crippen LogP contribution is 2.20. The Labute approximate surface area is 143 Å². The van der Waals surface area contributed by atoms with E-state index in [0.717, 1.165) is 5.39 Å². The first-order valence-corrected chi connectivity index (χ1v) is 7.54. The highest BCUT2D eigenvalue weighted by molar-refractivity contribution is 5.95. The molecule has 0 atom stereocenters. The molecule has 0 saturated carbocycles. The summed E-state index contributed by atoms with van der Waals surface area (Å²) in [4.78, 5) is 27.2. The van der Waals surface area contributed by atoms with Crippen molar-refractivity contribution in [2.45, 2.75) is 6.54 Å². The minimum absolute atomic E-state index is 0.0265. The summed E-state index contributed by atoms with van der Waals surface area (Å²) >= 11 is 0. The molecule has 0 fully saturated rings. The van der Waals surface area contributed by atoms with Crippen molar-refractivity contribution >= 4 is 22.5 Å². The van der Waals surface area contributed by atoms with Gasteiger partial charge in [-0.3, -0.25) is 14.9 Å². The lowest BCUT2D eigenvalue weighted by atomic mass is 10.1. The van der Waals surface area contributed by atoms with Gasteiger partial charge in [0.2, 0.25) is 0 Å². The molecule has 3 aromatic rings. The average molecular weight is 337 g/mol. The Morgan fingerprint density at radius 2 is 2.00 bits per heavy atom. The van der Waals surface area contributed by atoms with Crippen LogP contribution in [0.15, 0.2) is 54.6 Å². The number of nitro benzene ring substituents is 1. The number of nitro groups is 1. The van der Waals surface area contributed by atoms with Gasteiger partial charge in [-0.05, 0) is 24.3 Å². The van der Waals surface area contributed by atoms with Gasteiger partial charge in [0.15, 0.2) is 0 Å². The first-order chi connectivity index (χ1) is 12.1. The topological polar surface area (TPSA) is 94.4 Å². The third kappa shape index (κ3) is 3.55. The first-order valence-electron chi connectivity index (χ1n) is 7.54. The predicted octanol–water partition coefficient (Wildman–Crippen LogP) is 3.08. The van der Waals surface area contributed by atoms with Gasteiger partial charge in [0.25, 0.3) is 11.6 Å².